The molecule has 0 saturated carbocycles. The third-order valence-electron chi connectivity index (χ3n) is 3.18. The van der Waals surface area contributed by atoms with E-state index in [1.54, 1.807) is 30.3 Å². The van der Waals surface area contributed by atoms with Crippen LogP contribution in [0.15, 0.2) is 48.8 Å². The molecule has 1 N–H and O–H groups in total. The summed E-state index contributed by atoms with van der Waals surface area (Å²) < 4.78 is 44.4. The molecule has 21 heavy (non-hydrogen) atoms. The molecule has 112 valence electrons. The van der Waals surface area contributed by atoms with Gasteiger partial charge in [0.1, 0.15) is 5.60 Å². The number of alkyl halides is 3. The van der Waals surface area contributed by atoms with Crippen LogP contribution in [0.5, 0.6) is 0 Å². The van der Waals surface area contributed by atoms with E-state index in [2.05, 4.69) is 4.98 Å². The molecular formula is C15H14F3NO2. The molecule has 0 saturated heterocycles. The molecule has 1 aromatic heterocycles. The van der Waals surface area contributed by atoms with E-state index < -0.39 is 17.3 Å². The largest absolute Gasteiger partial charge is 0.416 e. The summed E-state index contributed by atoms with van der Waals surface area (Å²) in [5.74, 6) is 0. The smallest absolute Gasteiger partial charge is 0.381 e. The van der Waals surface area contributed by atoms with Crippen molar-refractivity contribution in [2.24, 2.45) is 0 Å². The Hall–Kier alpha value is -1.92. The molecule has 0 aliphatic rings. The van der Waals surface area contributed by atoms with Gasteiger partial charge in [0.25, 0.3) is 0 Å². The van der Waals surface area contributed by atoms with Crippen LogP contribution in [0.4, 0.5) is 13.2 Å². The van der Waals surface area contributed by atoms with Crippen LogP contribution in [0.3, 0.4) is 0 Å². The highest BCUT2D eigenvalue weighted by Crippen LogP contribution is 2.39. The molecule has 0 spiro atoms. The monoisotopic (exact) mass is 297 g/mol. The second kappa shape index (κ2) is 5.83. The zero-order valence-corrected chi connectivity index (χ0v) is 11.3. The van der Waals surface area contributed by atoms with Gasteiger partial charge >= 0.3 is 6.18 Å². The maximum absolute atomic E-state index is 13.2. The average molecular weight is 297 g/mol. The highest BCUT2D eigenvalue weighted by atomic mass is 19.4. The molecule has 1 unspecified atom stereocenters. The van der Waals surface area contributed by atoms with Gasteiger partial charge in [-0.2, -0.15) is 13.2 Å². The number of aromatic nitrogens is 1. The van der Waals surface area contributed by atoms with Crippen LogP contribution in [0.25, 0.3) is 0 Å². The Labute approximate surface area is 120 Å². The van der Waals surface area contributed by atoms with Gasteiger partial charge in [-0.25, -0.2) is 0 Å². The molecule has 1 atom stereocenters. The first-order chi connectivity index (χ1) is 9.89. The van der Waals surface area contributed by atoms with Gasteiger partial charge in [0.2, 0.25) is 0 Å². The number of halogens is 3. The number of ether oxygens (including phenoxy) is 1. The van der Waals surface area contributed by atoms with Gasteiger partial charge in [-0.15, -0.1) is 0 Å². The molecule has 6 heteroatoms. The highest BCUT2D eigenvalue weighted by Gasteiger charge is 2.42. The van der Waals surface area contributed by atoms with Crippen LogP contribution < -0.4 is 0 Å². The van der Waals surface area contributed by atoms with Gasteiger partial charge in [-0.05, 0) is 11.6 Å². The van der Waals surface area contributed by atoms with Gasteiger partial charge in [-0.1, -0.05) is 30.3 Å². The van der Waals surface area contributed by atoms with Crippen molar-refractivity contribution < 1.29 is 23.0 Å². The van der Waals surface area contributed by atoms with Crippen LogP contribution in [-0.4, -0.2) is 23.8 Å². The SMILES string of the molecule is COCC(O)(c1ccccc1)c1cnccc1C(F)(F)F. The van der Waals surface area contributed by atoms with Gasteiger partial charge < -0.3 is 9.84 Å². The van der Waals surface area contributed by atoms with E-state index >= 15 is 0 Å². The normalized spacial score (nSPS) is 14.7. The number of methoxy groups -OCH3 is 1. The van der Waals surface area contributed by atoms with Crippen molar-refractivity contribution in [3.8, 4) is 0 Å². The quantitative estimate of drug-likeness (QED) is 0.943. The lowest BCUT2D eigenvalue weighted by Crippen LogP contribution is -2.35. The molecule has 0 fully saturated rings. The van der Waals surface area contributed by atoms with E-state index in [0.29, 0.717) is 5.56 Å². The first-order valence-corrected chi connectivity index (χ1v) is 6.18. The summed E-state index contributed by atoms with van der Waals surface area (Å²) >= 11 is 0. The molecule has 1 aromatic carbocycles. The van der Waals surface area contributed by atoms with E-state index in [0.717, 1.165) is 18.5 Å². The lowest BCUT2D eigenvalue weighted by Gasteiger charge is -2.30. The van der Waals surface area contributed by atoms with Crippen LogP contribution in [0.1, 0.15) is 16.7 Å². The second-order valence-electron chi connectivity index (χ2n) is 4.58. The van der Waals surface area contributed by atoms with Gasteiger partial charge in [-0.3, -0.25) is 4.98 Å². The first-order valence-electron chi connectivity index (χ1n) is 6.18. The Balaban J connectivity index is 2.65. The summed E-state index contributed by atoms with van der Waals surface area (Å²) in [6.45, 7) is -0.314. The van der Waals surface area contributed by atoms with E-state index in [9.17, 15) is 18.3 Å². The lowest BCUT2D eigenvalue weighted by molar-refractivity contribution is -0.141. The Kier molecular flexibility index (Phi) is 4.29. The van der Waals surface area contributed by atoms with E-state index in [1.165, 1.54) is 7.11 Å². The van der Waals surface area contributed by atoms with E-state index in [4.69, 9.17) is 4.74 Å². The Bertz CT molecular complexity index is 601. The van der Waals surface area contributed by atoms with Crippen LogP contribution in [-0.2, 0) is 16.5 Å². The zero-order chi connectivity index (χ0) is 15.5. The fourth-order valence-corrected chi connectivity index (χ4v) is 2.21. The van der Waals surface area contributed by atoms with Crippen molar-refractivity contribution >= 4 is 0 Å². The second-order valence-corrected chi connectivity index (χ2v) is 4.58. The molecule has 2 rings (SSSR count). The third-order valence-corrected chi connectivity index (χ3v) is 3.18. The fraction of sp³-hybridized carbons (Fsp3) is 0.267. The summed E-state index contributed by atoms with van der Waals surface area (Å²) in [7, 11) is 1.32. The number of rotatable bonds is 4. The maximum Gasteiger partial charge on any atom is 0.416 e. The minimum Gasteiger partial charge on any atom is -0.381 e. The number of nitrogens with zero attached hydrogens (tertiary/aromatic N) is 1. The molecule has 0 bridgehead atoms. The fourth-order valence-electron chi connectivity index (χ4n) is 2.21. The predicted molar refractivity (Wildman–Crippen MR) is 70.6 cm³/mol. The first kappa shape index (κ1) is 15.5. The summed E-state index contributed by atoms with van der Waals surface area (Å²) in [6, 6.07) is 8.93. The van der Waals surface area contributed by atoms with Gasteiger partial charge in [0.15, 0.2) is 0 Å². The molecule has 0 aliphatic heterocycles. The lowest BCUT2D eigenvalue weighted by atomic mass is 9.85. The number of aliphatic hydroxyl groups is 1. The van der Waals surface area contributed by atoms with Crippen LogP contribution in [0.2, 0.25) is 0 Å². The highest BCUT2D eigenvalue weighted by molar-refractivity contribution is 5.40. The Morgan fingerprint density at radius 3 is 2.33 bits per heavy atom. The number of benzene rings is 1. The molecule has 3 nitrogen and oxygen atoms in total. The Morgan fingerprint density at radius 1 is 1.10 bits per heavy atom. The maximum atomic E-state index is 13.2. The summed E-state index contributed by atoms with van der Waals surface area (Å²) in [4.78, 5) is 3.72. The van der Waals surface area contributed by atoms with Crippen molar-refractivity contribution in [3.05, 3.63) is 65.5 Å². The van der Waals surface area contributed by atoms with Crippen molar-refractivity contribution in [2.45, 2.75) is 11.8 Å². The van der Waals surface area contributed by atoms with Crippen molar-refractivity contribution in [1.82, 2.24) is 4.98 Å². The van der Waals surface area contributed by atoms with Crippen molar-refractivity contribution in [1.29, 1.82) is 0 Å². The van der Waals surface area contributed by atoms with Crippen LogP contribution >= 0.6 is 0 Å². The summed E-state index contributed by atoms with van der Waals surface area (Å²) in [6.07, 6.45) is -2.52. The minimum atomic E-state index is -4.59. The number of pyridine rings is 1. The van der Waals surface area contributed by atoms with Crippen molar-refractivity contribution in [2.75, 3.05) is 13.7 Å². The zero-order valence-electron chi connectivity index (χ0n) is 11.3. The molecular weight excluding hydrogens is 283 g/mol. The average Bonchev–Trinajstić information content (AvgIpc) is 2.47. The van der Waals surface area contributed by atoms with Crippen LogP contribution in [0, 0.1) is 0 Å². The number of hydrogen-bond donors (Lipinski definition) is 1. The molecule has 0 radical (unpaired) electrons. The molecule has 0 amide bonds. The summed E-state index contributed by atoms with van der Waals surface area (Å²) in [5, 5.41) is 10.8. The standard InChI is InChI=1S/C15H14F3NO2/c1-21-10-14(20,11-5-3-2-4-6-11)13-9-19-8-7-12(13)15(16,17)18/h2-9,20H,10H2,1H3. The number of hydrogen-bond acceptors (Lipinski definition) is 3. The summed E-state index contributed by atoms with van der Waals surface area (Å²) in [5.41, 5.74) is -2.87. The molecule has 2 aromatic rings. The van der Waals surface area contributed by atoms with Crippen molar-refractivity contribution in [3.63, 3.8) is 0 Å². The molecule has 1 heterocycles. The van der Waals surface area contributed by atoms with Gasteiger partial charge in [0, 0.05) is 25.1 Å². The van der Waals surface area contributed by atoms with E-state index in [-0.39, 0.29) is 12.2 Å². The molecule has 0 aliphatic carbocycles. The van der Waals surface area contributed by atoms with E-state index in [1.807, 2.05) is 0 Å². The third kappa shape index (κ3) is 3.06. The minimum absolute atomic E-state index is 0.311. The predicted octanol–water partition coefficient (Wildman–Crippen LogP) is 2.98. The Morgan fingerprint density at radius 2 is 1.76 bits per heavy atom. The van der Waals surface area contributed by atoms with Gasteiger partial charge in [0.05, 0.1) is 12.2 Å². The topological polar surface area (TPSA) is 42.4 Å².